The number of halogens is 1. The highest BCUT2D eigenvalue weighted by Crippen LogP contribution is 2.24. The number of alkyl halides is 1. The van der Waals surface area contributed by atoms with Crippen molar-refractivity contribution in [1.82, 2.24) is 0 Å². The summed E-state index contributed by atoms with van der Waals surface area (Å²) in [5, 5.41) is 0. The summed E-state index contributed by atoms with van der Waals surface area (Å²) in [6, 6.07) is 16.5. The molecule has 0 amide bonds. The van der Waals surface area contributed by atoms with Gasteiger partial charge in [-0.25, -0.2) is 4.39 Å². The van der Waals surface area contributed by atoms with E-state index in [1.54, 1.807) is 6.07 Å². The molecule has 0 aliphatic rings. The summed E-state index contributed by atoms with van der Waals surface area (Å²) in [4.78, 5) is 0. The van der Waals surface area contributed by atoms with Crippen molar-refractivity contribution in [3.8, 4) is 5.75 Å². The quantitative estimate of drug-likeness (QED) is 0.877. The minimum Gasteiger partial charge on any atom is -0.489 e. The van der Waals surface area contributed by atoms with Gasteiger partial charge in [-0.15, -0.1) is 0 Å². The smallest absolute Gasteiger partial charge is 0.124 e. The van der Waals surface area contributed by atoms with E-state index in [1.165, 1.54) is 0 Å². The third kappa shape index (κ3) is 3.08. The molecule has 3 heteroatoms. The zero-order valence-corrected chi connectivity index (χ0v) is 10.1. The summed E-state index contributed by atoms with van der Waals surface area (Å²) in [7, 11) is 0. The van der Waals surface area contributed by atoms with Gasteiger partial charge in [0, 0.05) is 5.56 Å². The molecule has 0 spiro atoms. The fourth-order valence-electron chi connectivity index (χ4n) is 1.74. The van der Waals surface area contributed by atoms with Crippen molar-refractivity contribution in [1.29, 1.82) is 0 Å². The van der Waals surface area contributed by atoms with Gasteiger partial charge in [-0.2, -0.15) is 0 Å². The third-order valence-electron chi connectivity index (χ3n) is 2.72. The maximum Gasteiger partial charge on any atom is 0.124 e. The van der Waals surface area contributed by atoms with E-state index < -0.39 is 12.7 Å². The van der Waals surface area contributed by atoms with Crippen molar-refractivity contribution in [2.24, 2.45) is 5.73 Å². The lowest BCUT2D eigenvalue weighted by molar-refractivity contribution is 0.298. The topological polar surface area (TPSA) is 35.2 Å². The fourth-order valence-corrected chi connectivity index (χ4v) is 1.74. The van der Waals surface area contributed by atoms with Gasteiger partial charge in [0.05, 0.1) is 6.04 Å². The van der Waals surface area contributed by atoms with Gasteiger partial charge < -0.3 is 10.5 Å². The summed E-state index contributed by atoms with van der Waals surface area (Å²) >= 11 is 0. The predicted octanol–water partition coefficient (Wildman–Crippen LogP) is 3.23. The fraction of sp³-hybridized carbons (Fsp3) is 0.200. The molecule has 0 saturated heterocycles. The lowest BCUT2D eigenvalue weighted by Gasteiger charge is -2.14. The van der Waals surface area contributed by atoms with E-state index in [-0.39, 0.29) is 0 Å². The van der Waals surface area contributed by atoms with Gasteiger partial charge in [0.2, 0.25) is 0 Å². The molecule has 0 aliphatic carbocycles. The predicted molar refractivity (Wildman–Crippen MR) is 70.1 cm³/mol. The van der Waals surface area contributed by atoms with Gasteiger partial charge in [-0.1, -0.05) is 48.5 Å². The van der Waals surface area contributed by atoms with Crippen LogP contribution in [0.3, 0.4) is 0 Å². The Kier molecular flexibility index (Phi) is 4.31. The second-order valence-electron chi connectivity index (χ2n) is 4.07. The molecule has 0 aliphatic heterocycles. The number of nitrogens with two attached hydrogens (primary N) is 1. The van der Waals surface area contributed by atoms with Gasteiger partial charge in [0.25, 0.3) is 0 Å². The van der Waals surface area contributed by atoms with E-state index in [0.29, 0.717) is 17.9 Å². The van der Waals surface area contributed by atoms with E-state index in [4.69, 9.17) is 10.5 Å². The molecule has 0 saturated carbocycles. The summed E-state index contributed by atoms with van der Waals surface area (Å²) in [5.41, 5.74) is 7.48. The second kappa shape index (κ2) is 6.17. The van der Waals surface area contributed by atoms with Gasteiger partial charge in [0.1, 0.15) is 19.0 Å². The van der Waals surface area contributed by atoms with E-state index >= 15 is 0 Å². The molecule has 2 rings (SSSR count). The summed E-state index contributed by atoms with van der Waals surface area (Å²) in [6.07, 6.45) is 0. The van der Waals surface area contributed by atoms with Crippen LogP contribution in [0.25, 0.3) is 0 Å². The lowest BCUT2D eigenvalue weighted by Crippen LogP contribution is -2.13. The maximum atomic E-state index is 12.6. The van der Waals surface area contributed by atoms with E-state index in [2.05, 4.69) is 0 Å². The first-order chi connectivity index (χ1) is 8.81. The Labute approximate surface area is 106 Å². The maximum absolute atomic E-state index is 12.6. The number of rotatable bonds is 5. The van der Waals surface area contributed by atoms with Crippen molar-refractivity contribution < 1.29 is 9.13 Å². The summed E-state index contributed by atoms with van der Waals surface area (Å²) in [5.74, 6) is 0.645. The summed E-state index contributed by atoms with van der Waals surface area (Å²) < 4.78 is 18.3. The van der Waals surface area contributed by atoms with Crippen LogP contribution in [0.4, 0.5) is 4.39 Å². The Balaban J connectivity index is 2.10. The first-order valence-electron chi connectivity index (χ1n) is 5.88. The lowest BCUT2D eigenvalue weighted by atomic mass is 10.1. The van der Waals surface area contributed by atoms with Crippen LogP contribution >= 0.6 is 0 Å². The molecule has 0 heterocycles. The molecule has 18 heavy (non-hydrogen) atoms. The molecule has 2 aromatic carbocycles. The number of benzene rings is 2. The Morgan fingerprint density at radius 3 is 2.39 bits per heavy atom. The molecule has 0 radical (unpaired) electrons. The molecule has 0 fully saturated rings. The van der Waals surface area contributed by atoms with Crippen molar-refractivity contribution in [3.63, 3.8) is 0 Å². The zero-order chi connectivity index (χ0) is 12.8. The standard InChI is InChI=1S/C15H16FNO/c16-10-14(17)13-8-4-5-9-15(13)18-11-12-6-2-1-3-7-12/h1-9,14H,10-11,17H2/t14-/m1/s1. The Bertz CT molecular complexity index is 487. The molecule has 2 aromatic rings. The van der Waals surface area contributed by atoms with E-state index in [0.717, 1.165) is 5.56 Å². The SMILES string of the molecule is N[C@H](CF)c1ccccc1OCc1ccccc1. The number of para-hydroxylation sites is 1. The van der Waals surface area contributed by atoms with Gasteiger partial charge in [-0.05, 0) is 11.6 Å². The monoisotopic (exact) mass is 245 g/mol. The average molecular weight is 245 g/mol. The van der Waals surface area contributed by atoms with Gasteiger partial charge in [-0.3, -0.25) is 0 Å². The van der Waals surface area contributed by atoms with Crippen LogP contribution in [0.15, 0.2) is 54.6 Å². The van der Waals surface area contributed by atoms with Crippen LogP contribution in [0, 0.1) is 0 Å². The van der Waals surface area contributed by atoms with Crippen LogP contribution in [0.1, 0.15) is 17.2 Å². The van der Waals surface area contributed by atoms with E-state index in [1.807, 2.05) is 48.5 Å². The van der Waals surface area contributed by atoms with Crippen LogP contribution in [-0.2, 0) is 6.61 Å². The van der Waals surface area contributed by atoms with Gasteiger partial charge >= 0.3 is 0 Å². The van der Waals surface area contributed by atoms with Crippen LogP contribution in [0.5, 0.6) is 5.75 Å². The Morgan fingerprint density at radius 1 is 1.00 bits per heavy atom. The minimum atomic E-state index is -0.628. The van der Waals surface area contributed by atoms with Crippen molar-refractivity contribution in [2.45, 2.75) is 12.6 Å². The zero-order valence-electron chi connectivity index (χ0n) is 10.1. The molecular formula is C15H16FNO. The van der Waals surface area contributed by atoms with Crippen LogP contribution < -0.4 is 10.5 Å². The number of hydrogen-bond donors (Lipinski definition) is 1. The highest BCUT2D eigenvalue weighted by Gasteiger charge is 2.11. The molecule has 2 nitrogen and oxygen atoms in total. The highest BCUT2D eigenvalue weighted by molar-refractivity contribution is 5.36. The van der Waals surface area contributed by atoms with Crippen molar-refractivity contribution in [3.05, 3.63) is 65.7 Å². The van der Waals surface area contributed by atoms with Crippen LogP contribution in [0.2, 0.25) is 0 Å². The molecule has 0 unspecified atom stereocenters. The summed E-state index contributed by atoms with van der Waals surface area (Å²) in [6.45, 7) is -0.136. The van der Waals surface area contributed by atoms with Gasteiger partial charge in [0.15, 0.2) is 0 Å². The van der Waals surface area contributed by atoms with Crippen LogP contribution in [-0.4, -0.2) is 6.67 Å². The largest absolute Gasteiger partial charge is 0.489 e. The molecule has 0 aromatic heterocycles. The first kappa shape index (κ1) is 12.6. The first-order valence-corrected chi connectivity index (χ1v) is 5.88. The second-order valence-corrected chi connectivity index (χ2v) is 4.07. The molecule has 2 N–H and O–H groups in total. The van der Waals surface area contributed by atoms with E-state index in [9.17, 15) is 4.39 Å². The molecule has 0 bridgehead atoms. The third-order valence-corrected chi connectivity index (χ3v) is 2.72. The molecular weight excluding hydrogens is 229 g/mol. The van der Waals surface area contributed by atoms with Crippen molar-refractivity contribution in [2.75, 3.05) is 6.67 Å². The molecule has 94 valence electrons. The highest BCUT2D eigenvalue weighted by atomic mass is 19.1. The molecule has 1 atom stereocenters. The Hall–Kier alpha value is -1.87. The number of ether oxygens (including phenoxy) is 1. The minimum absolute atomic E-state index is 0.455. The average Bonchev–Trinajstić information content (AvgIpc) is 2.45. The van der Waals surface area contributed by atoms with Crippen molar-refractivity contribution >= 4 is 0 Å². The normalized spacial score (nSPS) is 12.1. The Morgan fingerprint density at radius 2 is 1.67 bits per heavy atom. The number of hydrogen-bond acceptors (Lipinski definition) is 2.